The molecule has 1 amide bonds. The molecular weight excluding hydrogens is 335 g/mol. The van der Waals surface area contributed by atoms with Gasteiger partial charge in [-0.2, -0.15) is 0 Å². The number of primary amides is 1. The Morgan fingerprint density at radius 2 is 2.27 bits per heavy atom. The van der Waals surface area contributed by atoms with Crippen LogP contribution in [0, 0.1) is 11.2 Å². The number of carbonyl (C=O) groups is 1. The third-order valence-electron chi connectivity index (χ3n) is 4.59. The van der Waals surface area contributed by atoms with E-state index < -0.39 is 17.3 Å². The van der Waals surface area contributed by atoms with Crippen molar-refractivity contribution in [2.45, 2.75) is 18.4 Å². The first-order chi connectivity index (χ1) is 12.4. The molecule has 0 bridgehead atoms. The fraction of sp³-hybridized carbons (Fsp3) is 0.263. The molecule has 26 heavy (non-hydrogen) atoms. The van der Waals surface area contributed by atoms with Crippen molar-refractivity contribution in [3.05, 3.63) is 65.2 Å². The van der Waals surface area contributed by atoms with Crippen LogP contribution in [0.25, 0.3) is 0 Å². The third kappa shape index (κ3) is 3.58. The number of allylic oxidation sites excluding steroid dienone is 4. The van der Waals surface area contributed by atoms with Crippen molar-refractivity contribution in [2.24, 2.45) is 5.73 Å². The Kier molecular flexibility index (Phi) is 5.01. The summed E-state index contributed by atoms with van der Waals surface area (Å²) in [5, 5.41) is 24.6. The molecule has 1 aromatic carbocycles. The van der Waals surface area contributed by atoms with Gasteiger partial charge < -0.3 is 21.5 Å². The van der Waals surface area contributed by atoms with Gasteiger partial charge >= 0.3 is 0 Å². The third-order valence-corrected chi connectivity index (χ3v) is 4.59. The number of β-amino-alcohol motifs (C(OH)–C–C–N with tert-alkyl or cyclic N) is 1. The van der Waals surface area contributed by atoms with E-state index in [0.717, 1.165) is 13.0 Å². The highest BCUT2D eigenvalue weighted by Gasteiger charge is 2.33. The maximum Gasteiger partial charge on any atom is 0.250 e. The second-order valence-corrected chi connectivity index (χ2v) is 6.43. The van der Waals surface area contributed by atoms with Crippen LogP contribution in [0.2, 0.25) is 0 Å². The van der Waals surface area contributed by atoms with Gasteiger partial charge in [0.05, 0.1) is 11.3 Å². The van der Waals surface area contributed by atoms with Gasteiger partial charge in [0.15, 0.2) is 0 Å². The number of carbonyl (C=O) groups excluding carboxylic acids is 1. The van der Waals surface area contributed by atoms with Gasteiger partial charge in [-0.15, -0.1) is 0 Å². The topological polar surface area (TPSA) is 111 Å². The summed E-state index contributed by atoms with van der Waals surface area (Å²) in [7, 11) is 0. The van der Waals surface area contributed by atoms with Crippen molar-refractivity contribution in [3.63, 3.8) is 0 Å². The first kappa shape index (κ1) is 18.0. The molecule has 1 aliphatic heterocycles. The van der Waals surface area contributed by atoms with Crippen LogP contribution in [0.4, 0.5) is 10.1 Å². The fourth-order valence-corrected chi connectivity index (χ4v) is 3.16. The van der Waals surface area contributed by atoms with Crippen LogP contribution >= 0.6 is 0 Å². The summed E-state index contributed by atoms with van der Waals surface area (Å²) in [4.78, 5) is 11.3. The highest BCUT2D eigenvalue weighted by Crippen LogP contribution is 2.31. The zero-order valence-corrected chi connectivity index (χ0v) is 14.2. The number of anilines is 1. The van der Waals surface area contributed by atoms with E-state index in [2.05, 4.69) is 10.6 Å². The monoisotopic (exact) mass is 356 g/mol. The molecule has 6 N–H and O–H groups in total. The van der Waals surface area contributed by atoms with Gasteiger partial charge in [-0.3, -0.25) is 10.2 Å². The van der Waals surface area contributed by atoms with Crippen molar-refractivity contribution in [3.8, 4) is 0 Å². The van der Waals surface area contributed by atoms with Gasteiger partial charge in [0, 0.05) is 29.6 Å². The molecule has 0 radical (unpaired) electrons. The lowest BCUT2D eigenvalue weighted by molar-refractivity contribution is -0.114. The standard InChI is InChI=1S/C19H21FN4O2/c20-16-9-13(5-6-15(16)19(26)7-2-8-23-11-19)24-10-12-3-1-4-14(17(12)21)18(22)25/h1,3-6,9-10,21,23-24,26H,2,7-8,11H2,(H2,22,25)/b12-10-,21-17?. The molecule has 1 fully saturated rings. The molecule has 1 atom stereocenters. The van der Waals surface area contributed by atoms with Gasteiger partial charge in [0.2, 0.25) is 0 Å². The van der Waals surface area contributed by atoms with Crippen LogP contribution in [-0.4, -0.2) is 29.8 Å². The van der Waals surface area contributed by atoms with E-state index in [4.69, 9.17) is 11.1 Å². The molecule has 0 spiro atoms. The molecule has 1 heterocycles. The average Bonchev–Trinajstić information content (AvgIpc) is 2.61. The molecule has 7 heteroatoms. The number of benzene rings is 1. The summed E-state index contributed by atoms with van der Waals surface area (Å²) in [5.41, 5.74) is 5.37. The predicted octanol–water partition coefficient (Wildman–Crippen LogP) is 1.69. The molecule has 0 aromatic heterocycles. The zero-order chi connectivity index (χ0) is 18.7. The smallest absolute Gasteiger partial charge is 0.250 e. The minimum absolute atomic E-state index is 0.00665. The van der Waals surface area contributed by atoms with Crippen LogP contribution in [0.1, 0.15) is 18.4 Å². The molecule has 2 aliphatic rings. The summed E-state index contributed by atoms with van der Waals surface area (Å²) in [5.74, 6) is -1.17. The molecule has 6 nitrogen and oxygen atoms in total. The summed E-state index contributed by atoms with van der Waals surface area (Å²) >= 11 is 0. The molecule has 3 rings (SSSR count). The lowest BCUT2D eigenvalue weighted by Crippen LogP contribution is -2.43. The average molecular weight is 356 g/mol. The molecule has 1 unspecified atom stereocenters. The van der Waals surface area contributed by atoms with Crippen LogP contribution in [0.15, 0.2) is 53.8 Å². The predicted molar refractivity (Wildman–Crippen MR) is 98.3 cm³/mol. The molecule has 136 valence electrons. The Morgan fingerprint density at radius 1 is 1.46 bits per heavy atom. The number of hydrogen-bond acceptors (Lipinski definition) is 5. The number of hydrogen-bond donors (Lipinski definition) is 5. The first-order valence-corrected chi connectivity index (χ1v) is 8.38. The molecule has 1 aliphatic carbocycles. The molecule has 1 aromatic rings. The van der Waals surface area contributed by atoms with Crippen LogP contribution < -0.4 is 16.4 Å². The Labute approximate surface area is 150 Å². The van der Waals surface area contributed by atoms with E-state index in [9.17, 15) is 14.3 Å². The quantitative estimate of drug-likeness (QED) is 0.565. The summed E-state index contributed by atoms with van der Waals surface area (Å²) < 4.78 is 14.5. The van der Waals surface area contributed by atoms with Gasteiger partial charge in [-0.25, -0.2) is 4.39 Å². The maximum absolute atomic E-state index is 14.5. The lowest BCUT2D eigenvalue weighted by atomic mass is 9.86. The summed E-state index contributed by atoms with van der Waals surface area (Å²) in [6.45, 7) is 1.14. The summed E-state index contributed by atoms with van der Waals surface area (Å²) in [6, 6.07) is 4.54. The number of halogens is 1. The van der Waals surface area contributed by atoms with E-state index in [-0.39, 0.29) is 16.8 Å². The van der Waals surface area contributed by atoms with Crippen molar-refractivity contribution in [2.75, 3.05) is 18.4 Å². The Balaban J connectivity index is 1.77. The van der Waals surface area contributed by atoms with E-state index >= 15 is 0 Å². The van der Waals surface area contributed by atoms with Crippen molar-refractivity contribution >= 4 is 17.3 Å². The minimum Gasteiger partial charge on any atom is -0.384 e. The normalized spacial score (nSPS) is 24.5. The molecule has 1 saturated heterocycles. The van der Waals surface area contributed by atoms with Crippen LogP contribution in [-0.2, 0) is 10.4 Å². The summed E-state index contributed by atoms with van der Waals surface area (Å²) in [6.07, 6.45) is 7.57. The largest absolute Gasteiger partial charge is 0.384 e. The van der Waals surface area contributed by atoms with E-state index in [1.165, 1.54) is 18.3 Å². The SMILES string of the molecule is N=C1C(C(N)=O)=CC=C/C1=C/Nc1ccc(C2(O)CCCNC2)c(F)c1. The van der Waals surface area contributed by atoms with Crippen molar-refractivity contribution in [1.29, 1.82) is 5.41 Å². The van der Waals surface area contributed by atoms with E-state index in [1.54, 1.807) is 24.3 Å². The lowest BCUT2D eigenvalue weighted by Gasteiger charge is -2.33. The number of nitrogens with two attached hydrogens (primary N) is 1. The van der Waals surface area contributed by atoms with Crippen molar-refractivity contribution in [1.82, 2.24) is 5.32 Å². The molecular formula is C19H21FN4O2. The minimum atomic E-state index is -1.20. The number of rotatable bonds is 4. The fourth-order valence-electron chi connectivity index (χ4n) is 3.16. The number of piperidine rings is 1. The van der Waals surface area contributed by atoms with E-state index in [1.807, 2.05) is 0 Å². The van der Waals surface area contributed by atoms with Crippen LogP contribution in [0.5, 0.6) is 0 Å². The number of aliphatic hydroxyl groups is 1. The zero-order valence-electron chi connectivity index (χ0n) is 14.2. The number of nitrogens with one attached hydrogen (secondary N) is 3. The first-order valence-electron chi connectivity index (χ1n) is 8.38. The van der Waals surface area contributed by atoms with Crippen molar-refractivity contribution < 1.29 is 14.3 Å². The highest BCUT2D eigenvalue weighted by molar-refractivity contribution is 6.28. The van der Waals surface area contributed by atoms with Gasteiger partial charge in [0.1, 0.15) is 11.4 Å². The second-order valence-electron chi connectivity index (χ2n) is 6.43. The van der Waals surface area contributed by atoms with E-state index in [0.29, 0.717) is 24.2 Å². The van der Waals surface area contributed by atoms with Gasteiger partial charge in [-0.1, -0.05) is 18.2 Å². The van der Waals surface area contributed by atoms with Gasteiger partial charge in [0.25, 0.3) is 5.91 Å². The number of amides is 1. The molecule has 0 saturated carbocycles. The Hall–Kier alpha value is -2.77. The van der Waals surface area contributed by atoms with Crippen LogP contribution in [0.3, 0.4) is 0 Å². The Bertz CT molecular complexity index is 836. The Morgan fingerprint density at radius 3 is 2.92 bits per heavy atom. The van der Waals surface area contributed by atoms with Gasteiger partial charge in [-0.05, 0) is 37.6 Å². The second kappa shape index (κ2) is 7.23. The highest BCUT2D eigenvalue weighted by atomic mass is 19.1. The maximum atomic E-state index is 14.5.